The molecule has 1 aliphatic rings. The highest BCUT2D eigenvalue weighted by atomic mass is 16.5. The molecule has 72 valence electrons. The summed E-state index contributed by atoms with van der Waals surface area (Å²) in [5.74, 6) is 2.35. The first-order valence-electron chi connectivity index (χ1n) is 4.61. The van der Waals surface area contributed by atoms with Gasteiger partial charge in [-0.15, -0.1) is 6.42 Å². The van der Waals surface area contributed by atoms with Gasteiger partial charge in [0.05, 0.1) is 6.61 Å². The van der Waals surface area contributed by atoms with E-state index in [9.17, 15) is 4.79 Å². The molecular weight excluding hydrogens is 166 g/mol. The van der Waals surface area contributed by atoms with Crippen LogP contribution in [0.15, 0.2) is 0 Å². The zero-order valence-electron chi connectivity index (χ0n) is 7.93. The summed E-state index contributed by atoms with van der Waals surface area (Å²) in [6, 6.07) is 0. The zero-order valence-corrected chi connectivity index (χ0v) is 7.93. The topological polar surface area (TPSA) is 38.3 Å². The van der Waals surface area contributed by atoms with Crippen LogP contribution in [0.2, 0.25) is 0 Å². The highest BCUT2D eigenvalue weighted by Gasteiger charge is 2.38. The number of piperidine rings is 1. The van der Waals surface area contributed by atoms with Crippen LogP contribution in [0, 0.1) is 17.8 Å². The van der Waals surface area contributed by atoms with Gasteiger partial charge in [-0.3, -0.25) is 4.79 Å². The second-order valence-electron chi connectivity index (χ2n) is 3.20. The van der Waals surface area contributed by atoms with E-state index in [2.05, 4.69) is 11.2 Å². The van der Waals surface area contributed by atoms with Gasteiger partial charge in [0.25, 0.3) is 0 Å². The van der Waals surface area contributed by atoms with E-state index in [-0.39, 0.29) is 5.97 Å². The van der Waals surface area contributed by atoms with Crippen LogP contribution in [0.25, 0.3) is 0 Å². The molecule has 0 aromatic rings. The minimum absolute atomic E-state index is 0.237. The van der Waals surface area contributed by atoms with Gasteiger partial charge in [-0.05, 0) is 32.9 Å². The van der Waals surface area contributed by atoms with Gasteiger partial charge in [0.15, 0.2) is 0 Å². The Morgan fingerprint density at radius 2 is 2.23 bits per heavy atom. The van der Waals surface area contributed by atoms with Gasteiger partial charge >= 0.3 is 5.97 Å². The molecule has 0 atom stereocenters. The van der Waals surface area contributed by atoms with E-state index < -0.39 is 5.41 Å². The second-order valence-corrected chi connectivity index (χ2v) is 3.20. The number of ether oxygens (including phenoxy) is 1. The summed E-state index contributed by atoms with van der Waals surface area (Å²) < 4.78 is 4.97. The number of hydrogen-bond donors (Lipinski definition) is 1. The zero-order chi connectivity index (χ0) is 9.73. The first-order chi connectivity index (χ1) is 6.25. The molecule has 0 aliphatic carbocycles. The number of terminal acetylenes is 1. The highest BCUT2D eigenvalue weighted by Crippen LogP contribution is 2.29. The molecule has 0 aromatic carbocycles. The lowest BCUT2D eigenvalue weighted by molar-refractivity contribution is -0.153. The van der Waals surface area contributed by atoms with Crippen molar-refractivity contribution >= 4 is 5.97 Å². The summed E-state index contributed by atoms with van der Waals surface area (Å²) in [7, 11) is 0. The van der Waals surface area contributed by atoms with E-state index in [1.54, 1.807) is 6.92 Å². The van der Waals surface area contributed by atoms with Crippen molar-refractivity contribution in [2.75, 3.05) is 19.7 Å². The van der Waals surface area contributed by atoms with Crippen molar-refractivity contribution in [2.24, 2.45) is 5.41 Å². The quantitative estimate of drug-likeness (QED) is 0.499. The molecule has 3 nitrogen and oxygen atoms in total. The fourth-order valence-electron chi connectivity index (χ4n) is 1.53. The smallest absolute Gasteiger partial charge is 0.324 e. The molecule has 3 heteroatoms. The lowest BCUT2D eigenvalue weighted by Crippen LogP contribution is -2.42. The van der Waals surface area contributed by atoms with Gasteiger partial charge in [0.2, 0.25) is 0 Å². The Kier molecular flexibility index (Phi) is 3.32. The summed E-state index contributed by atoms with van der Waals surface area (Å²) in [5.41, 5.74) is -0.665. The van der Waals surface area contributed by atoms with E-state index in [0.717, 1.165) is 13.1 Å². The largest absolute Gasteiger partial charge is 0.465 e. The Morgan fingerprint density at radius 3 is 2.69 bits per heavy atom. The lowest BCUT2D eigenvalue weighted by Gasteiger charge is -2.30. The van der Waals surface area contributed by atoms with Gasteiger partial charge in [0.1, 0.15) is 5.41 Å². The highest BCUT2D eigenvalue weighted by molar-refractivity contribution is 5.80. The molecule has 0 saturated carbocycles. The van der Waals surface area contributed by atoms with Crippen LogP contribution in [0.1, 0.15) is 19.8 Å². The number of carbonyl (C=O) groups excluding carboxylic acids is 1. The van der Waals surface area contributed by atoms with Crippen molar-refractivity contribution in [1.29, 1.82) is 0 Å². The fourth-order valence-corrected chi connectivity index (χ4v) is 1.53. The molecule has 1 fully saturated rings. The molecule has 0 bridgehead atoms. The SMILES string of the molecule is C#CC1(C(=O)OCC)CCNCC1. The van der Waals surface area contributed by atoms with Crippen molar-refractivity contribution in [3.05, 3.63) is 0 Å². The molecule has 1 saturated heterocycles. The van der Waals surface area contributed by atoms with E-state index in [1.807, 2.05) is 0 Å². The van der Waals surface area contributed by atoms with Gasteiger partial charge in [0, 0.05) is 0 Å². The maximum absolute atomic E-state index is 11.6. The molecule has 0 unspecified atom stereocenters. The van der Waals surface area contributed by atoms with Gasteiger partial charge in [-0.2, -0.15) is 0 Å². The Balaban J connectivity index is 2.68. The molecule has 0 spiro atoms. The monoisotopic (exact) mass is 181 g/mol. The summed E-state index contributed by atoms with van der Waals surface area (Å²) in [4.78, 5) is 11.6. The number of hydrogen-bond acceptors (Lipinski definition) is 3. The molecule has 0 amide bonds. The van der Waals surface area contributed by atoms with Crippen LogP contribution in [0.5, 0.6) is 0 Å². The summed E-state index contributed by atoms with van der Waals surface area (Å²) >= 11 is 0. The number of carbonyl (C=O) groups is 1. The van der Waals surface area contributed by atoms with Crippen molar-refractivity contribution in [3.8, 4) is 12.3 Å². The second kappa shape index (κ2) is 4.29. The first-order valence-corrected chi connectivity index (χ1v) is 4.61. The van der Waals surface area contributed by atoms with E-state index >= 15 is 0 Å². The molecule has 1 rings (SSSR count). The normalized spacial score (nSPS) is 20.3. The first kappa shape index (κ1) is 10.1. The standard InChI is InChI=1S/C10H15NO2/c1-3-10(9(12)13-4-2)5-7-11-8-6-10/h1,11H,4-8H2,2H3. The fraction of sp³-hybridized carbons (Fsp3) is 0.700. The molecular formula is C10H15NO2. The summed E-state index contributed by atoms with van der Waals surface area (Å²) in [6.07, 6.45) is 6.76. The molecule has 1 aliphatic heterocycles. The van der Waals surface area contributed by atoms with Crippen LogP contribution < -0.4 is 5.32 Å². The minimum Gasteiger partial charge on any atom is -0.465 e. The maximum Gasteiger partial charge on any atom is 0.324 e. The van der Waals surface area contributed by atoms with Crippen LogP contribution in [-0.4, -0.2) is 25.7 Å². The van der Waals surface area contributed by atoms with Crippen LogP contribution in [0.3, 0.4) is 0 Å². The average Bonchev–Trinajstić information content (AvgIpc) is 2.19. The minimum atomic E-state index is -0.665. The lowest BCUT2D eigenvalue weighted by atomic mass is 9.80. The Morgan fingerprint density at radius 1 is 1.62 bits per heavy atom. The third-order valence-electron chi connectivity index (χ3n) is 2.40. The van der Waals surface area contributed by atoms with Crippen LogP contribution in [0.4, 0.5) is 0 Å². The van der Waals surface area contributed by atoms with E-state index in [1.165, 1.54) is 0 Å². The Hall–Kier alpha value is -1.01. The number of rotatable bonds is 2. The van der Waals surface area contributed by atoms with Gasteiger partial charge in [-0.1, -0.05) is 5.92 Å². The van der Waals surface area contributed by atoms with Crippen molar-refractivity contribution in [3.63, 3.8) is 0 Å². The summed E-state index contributed by atoms with van der Waals surface area (Å²) in [5, 5.41) is 3.17. The molecule has 13 heavy (non-hydrogen) atoms. The van der Waals surface area contributed by atoms with Gasteiger partial charge in [-0.25, -0.2) is 0 Å². The Bertz CT molecular complexity index is 224. The third kappa shape index (κ3) is 2.02. The van der Waals surface area contributed by atoms with E-state index in [0.29, 0.717) is 19.4 Å². The molecule has 0 radical (unpaired) electrons. The number of esters is 1. The van der Waals surface area contributed by atoms with Gasteiger partial charge < -0.3 is 10.1 Å². The average molecular weight is 181 g/mol. The van der Waals surface area contributed by atoms with E-state index in [4.69, 9.17) is 11.2 Å². The maximum atomic E-state index is 11.6. The van der Waals surface area contributed by atoms with Crippen molar-refractivity contribution < 1.29 is 9.53 Å². The van der Waals surface area contributed by atoms with Crippen LogP contribution in [-0.2, 0) is 9.53 Å². The predicted molar refractivity (Wildman–Crippen MR) is 50.0 cm³/mol. The third-order valence-corrected chi connectivity index (χ3v) is 2.40. The molecule has 1 heterocycles. The Labute approximate surface area is 78.8 Å². The van der Waals surface area contributed by atoms with Crippen LogP contribution >= 0.6 is 0 Å². The molecule has 1 N–H and O–H groups in total. The predicted octanol–water partition coefficient (Wildman–Crippen LogP) is 0.552. The summed E-state index contributed by atoms with van der Waals surface area (Å²) in [6.45, 7) is 3.78. The number of nitrogens with one attached hydrogen (secondary N) is 1. The van der Waals surface area contributed by atoms with Crippen molar-refractivity contribution in [1.82, 2.24) is 5.32 Å². The molecule has 0 aromatic heterocycles. The van der Waals surface area contributed by atoms with Crippen molar-refractivity contribution in [2.45, 2.75) is 19.8 Å².